The molecule has 0 fully saturated rings. The smallest absolute Gasteiger partial charge is 0.228 e. The van der Waals surface area contributed by atoms with Crippen molar-refractivity contribution >= 4 is 18.0 Å². The van der Waals surface area contributed by atoms with E-state index < -0.39 is 49.1 Å². The quantitative estimate of drug-likeness (QED) is 0.228. The minimum absolute atomic E-state index is 0.163. The molecule has 0 aromatic heterocycles. The summed E-state index contributed by atoms with van der Waals surface area (Å²) >= 11 is 0. The lowest BCUT2D eigenvalue weighted by Crippen LogP contribution is -2.53. The van der Waals surface area contributed by atoms with Crippen molar-refractivity contribution < 1.29 is 34.8 Å². The van der Waals surface area contributed by atoms with Crippen LogP contribution in [0.1, 0.15) is 13.3 Å². The first-order chi connectivity index (χ1) is 8.33. The second kappa shape index (κ2) is 7.88. The van der Waals surface area contributed by atoms with E-state index in [1.165, 1.54) is 6.92 Å². The number of ketones is 1. The molecule has 5 N–H and O–H groups in total. The van der Waals surface area contributed by atoms with Gasteiger partial charge in [-0.1, -0.05) is 0 Å². The topological polar surface area (TPSA) is 144 Å². The lowest BCUT2D eigenvalue weighted by Gasteiger charge is -2.26. The van der Waals surface area contributed by atoms with Gasteiger partial charge in [-0.05, 0) is 6.92 Å². The summed E-state index contributed by atoms with van der Waals surface area (Å²) in [7, 11) is 0. The van der Waals surface area contributed by atoms with Crippen LogP contribution in [-0.2, 0) is 14.4 Å². The Kier molecular flexibility index (Phi) is 7.29. The fourth-order valence-electron chi connectivity index (χ4n) is 1.21. The second-order valence-corrected chi connectivity index (χ2v) is 3.84. The number of Topliss-reactive ketones (excluding diaryl/α,β-unsaturated/α-hetero) is 1. The fraction of sp³-hybridized carbons (Fsp3) is 0.700. The summed E-state index contributed by atoms with van der Waals surface area (Å²) < 4.78 is 0. The highest BCUT2D eigenvalue weighted by Crippen LogP contribution is 2.04. The number of aliphatic hydroxyl groups excluding tert-OH is 4. The molecule has 0 unspecified atom stereocenters. The minimum atomic E-state index is -1.80. The Morgan fingerprint density at radius 1 is 1.22 bits per heavy atom. The van der Waals surface area contributed by atoms with Gasteiger partial charge in [-0.15, -0.1) is 0 Å². The molecule has 0 spiro atoms. The normalized spacial score (nSPS) is 17.4. The van der Waals surface area contributed by atoms with Gasteiger partial charge in [0.05, 0.1) is 13.0 Å². The molecule has 8 nitrogen and oxygen atoms in total. The maximum absolute atomic E-state index is 11.2. The molecular formula is C10H17NO7. The molecular weight excluding hydrogens is 246 g/mol. The monoisotopic (exact) mass is 263 g/mol. The molecule has 18 heavy (non-hydrogen) atoms. The number of nitrogens with one attached hydrogen (secondary N) is 1. The van der Waals surface area contributed by atoms with Gasteiger partial charge < -0.3 is 30.5 Å². The summed E-state index contributed by atoms with van der Waals surface area (Å²) in [5, 5.41) is 38.5. The Hall–Kier alpha value is -1.35. The Morgan fingerprint density at radius 2 is 1.78 bits per heavy atom. The van der Waals surface area contributed by atoms with Crippen LogP contribution in [0.15, 0.2) is 0 Å². The van der Waals surface area contributed by atoms with E-state index in [-0.39, 0.29) is 6.29 Å². The summed E-state index contributed by atoms with van der Waals surface area (Å²) in [5.41, 5.74) is 0. The zero-order valence-electron chi connectivity index (χ0n) is 9.81. The number of rotatable bonds is 8. The van der Waals surface area contributed by atoms with Crippen molar-refractivity contribution in [1.82, 2.24) is 5.32 Å². The van der Waals surface area contributed by atoms with Crippen molar-refractivity contribution in [2.45, 2.75) is 37.7 Å². The van der Waals surface area contributed by atoms with Gasteiger partial charge in [-0.2, -0.15) is 0 Å². The van der Waals surface area contributed by atoms with E-state index in [1.54, 1.807) is 0 Å². The van der Waals surface area contributed by atoms with Gasteiger partial charge >= 0.3 is 0 Å². The van der Waals surface area contributed by atoms with Gasteiger partial charge in [0.1, 0.15) is 36.4 Å². The maximum Gasteiger partial charge on any atom is 0.228 e. The average Bonchev–Trinajstić information content (AvgIpc) is 2.32. The first kappa shape index (κ1) is 16.6. The van der Waals surface area contributed by atoms with Crippen LogP contribution < -0.4 is 5.32 Å². The van der Waals surface area contributed by atoms with Crippen molar-refractivity contribution in [2.75, 3.05) is 6.61 Å². The number of aliphatic hydroxyl groups is 4. The van der Waals surface area contributed by atoms with Crippen LogP contribution in [0.4, 0.5) is 0 Å². The average molecular weight is 263 g/mol. The highest BCUT2D eigenvalue weighted by molar-refractivity contribution is 5.97. The molecule has 0 aromatic carbocycles. The Labute approximate surface area is 103 Å². The zero-order valence-corrected chi connectivity index (χ0v) is 9.81. The van der Waals surface area contributed by atoms with E-state index in [4.69, 9.17) is 10.2 Å². The van der Waals surface area contributed by atoms with Crippen LogP contribution in [0, 0.1) is 0 Å². The van der Waals surface area contributed by atoms with Crippen LogP contribution in [0.2, 0.25) is 0 Å². The molecule has 104 valence electrons. The summed E-state index contributed by atoms with van der Waals surface area (Å²) in [6, 6.07) is -1.48. The standard InChI is InChI=1S/C10H17NO7/c1-5(14)2-8(16)11-6(3-12)9(17)10(18)7(15)4-13/h3,6-7,9-10,13,15,17-18H,2,4H2,1H3,(H,11,16)/t6-,7+,9+,10+/m0/s1. The van der Waals surface area contributed by atoms with Crippen LogP contribution >= 0.6 is 0 Å². The van der Waals surface area contributed by atoms with Crippen molar-refractivity contribution in [3.63, 3.8) is 0 Å². The minimum Gasteiger partial charge on any atom is -0.394 e. The van der Waals surface area contributed by atoms with Gasteiger partial charge in [-0.3, -0.25) is 9.59 Å². The fourth-order valence-corrected chi connectivity index (χ4v) is 1.21. The van der Waals surface area contributed by atoms with E-state index in [9.17, 15) is 24.6 Å². The third-order valence-corrected chi connectivity index (χ3v) is 2.18. The van der Waals surface area contributed by atoms with Crippen molar-refractivity contribution in [3.8, 4) is 0 Å². The number of hydrogen-bond donors (Lipinski definition) is 5. The molecule has 0 bridgehead atoms. The molecule has 4 atom stereocenters. The van der Waals surface area contributed by atoms with Crippen molar-refractivity contribution in [1.29, 1.82) is 0 Å². The molecule has 0 aliphatic heterocycles. The predicted octanol–water partition coefficient (Wildman–Crippen LogP) is -3.28. The zero-order chi connectivity index (χ0) is 14.3. The third kappa shape index (κ3) is 5.32. The number of carbonyl (C=O) groups is 3. The highest BCUT2D eigenvalue weighted by Gasteiger charge is 2.31. The third-order valence-electron chi connectivity index (χ3n) is 2.18. The number of hydrogen-bond acceptors (Lipinski definition) is 7. The van der Waals surface area contributed by atoms with E-state index in [1.807, 2.05) is 5.32 Å². The highest BCUT2D eigenvalue weighted by atomic mass is 16.4. The van der Waals surface area contributed by atoms with E-state index >= 15 is 0 Å². The molecule has 0 rings (SSSR count). The summed E-state index contributed by atoms with van der Waals surface area (Å²) in [5.74, 6) is -1.22. The number of amides is 1. The van der Waals surface area contributed by atoms with Gasteiger partial charge in [0.15, 0.2) is 0 Å². The Balaban J connectivity index is 4.53. The first-order valence-corrected chi connectivity index (χ1v) is 5.22. The molecule has 8 heteroatoms. The maximum atomic E-state index is 11.2. The summed E-state index contributed by atoms with van der Waals surface area (Å²) in [6.07, 6.45) is -5.54. The SMILES string of the molecule is CC(=O)CC(=O)N[C@@H](C=O)[C@@H](O)[C@H](O)[C@H](O)CO. The summed E-state index contributed by atoms with van der Waals surface area (Å²) in [6.45, 7) is 0.363. The molecule has 0 aromatic rings. The van der Waals surface area contributed by atoms with Gasteiger partial charge in [0.25, 0.3) is 0 Å². The van der Waals surface area contributed by atoms with Crippen molar-refractivity contribution in [3.05, 3.63) is 0 Å². The molecule has 0 heterocycles. The van der Waals surface area contributed by atoms with Crippen LogP contribution in [0.5, 0.6) is 0 Å². The van der Waals surface area contributed by atoms with Crippen LogP contribution in [-0.4, -0.2) is 69.4 Å². The summed E-state index contributed by atoms with van der Waals surface area (Å²) in [4.78, 5) is 32.5. The second-order valence-electron chi connectivity index (χ2n) is 3.84. The molecule has 0 aliphatic carbocycles. The van der Waals surface area contributed by atoms with E-state index in [0.717, 1.165) is 0 Å². The van der Waals surface area contributed by atoms with Crippen LogP contribution in [0.25, 0.3) is 0 Å². The number of carbonyl (C=O) groups excluding carboxylic acids is 3. The van der Waals surface area contributed by atoms with Gasteiger partial charge in [0, 0.05) is 0 Å². The molecule has 0 saturated carbocycles. The van der Waals surface area contributed by atoms with Crippen LogP contribution in [0.3, 0.4) is 0 Å². The Bertz CT molecular complexity index is 307. The van der Waals surface area contributed by atoms with Crippen molar-refractivity contribution in [2.24, 2.45) is 0 Å². The lowest BCUT2D eigenvalue weighted by atomic mass is 10.0. The van der Waals surface area contributed by atoms with Gasteiger partial charge in [-0.25, -0.2) is 0 Å². The van der Waals surface area contributed by atoms with E-state index in [0.29, 0.717) is 0 Å². The van der Waals surface area contributed by atoms with Gasteiger partial charge in [0.2, 0.25) is 5.91 Å². The molecule has 0 aliphatic rings. The number of aldehydes is 1. The lowest BCUT2D eigenvalue weighted by molar-refractivity contribution is -0.133. The molecule has 0 saturated heterocycles. The van der Waals surface area contributed by atoms with E-state index in [2.05, 4.69) is 0 Å². The molecule has 0 radical (unpaired) electrons. The molecule has 1 amide bonds. The first-order valence-electron chi connectivity index (χ1n) is 5.22. The predicted molar refractivity (Wildman–Crippen MR) is 58.4 cm³/mol. The largest absolute Gasteiger partial charge is 0.394 e. The Morgan fingerprint density at radius 3 is 2.17 bits per heavy atom.